The summed E-state index contributed by atoms with van der Waals surface area (Å²) in [5.74, 6) is -1.62. The Labute approximate surface area is 663 Å². The Hall–Kier alpha value is -4.83. The van der Waals surface area contributed by atoms with Crippen LogP contribution in [0.15, 0.2) is 158 Å². The third-order valence-electron chi connectivity index (χ3n) is 17.7. The molecule has 0 aliphatic carbocycles. The van der Waals surface area contributed by atoms with E-state index >= 15 is 0 Å². The minimum absolute atomic E-state index is 0.0743. The number of carbonyl (C=O) groups is 3. The van der Waals surface area contributed by atoms with Crippen LogP contribution in [0.3, 0.4) is 0 Å². The summed E-state index contributed by atoms with van der Waals surface area (Å²) in [5, 5.41) is 20.7. The van der Waals surface area contributed by atoms with Gasteiger partial charge in [-0.25, -0.2) is 9.13 Å². The molecule has 109 heavy (non-hydrogen) atoms. The van der Waals surface area contributed by atoms with Crippen LogP contribution in [0.1, 0.15) is 342 Å². The number of esters is 3. The quantitative estimate of drug-likeness (QED) is 0.0146. The molecule has 16 nitrogen and oxygen atoms in total. The molecule has 0 radical (unpaired) electrons. The first-order valence-corrected chi connectivity index (χ1v) is 45.8. The number of carbonyl (C=O) groups excluding carboxylic acids is 3. The second-order valence-corrected chi connectivity index (χ2v) is 31.1. The van der Waals surface area contributed by atoms with Gasteiger partial charge in [0, 0.05) is 19.3 Å². The number of phosphoric ester groups is 2. The van der Waals surface area contributed by atoms with E-state index in [4.69, 9.17) is 32.3 Å². The minimum Gasteiger partial charge on any atom is -0.463 e. The Morgan fingerprint density at radius 1 is 0.266 bits per heavy atom. The third kappa shape index (κ3) is 83.9. The van der Waals surface area contributed by atoms with Crippen LogP contribution >= 0.6 is 15.6 Å². The van der Waals surface area contributed by atoms with E-state index in [9.17, 15) is 43.5 Å². The fraction of sp³-hybridized carbons (Fsp3) is 0.681. The molecule has 0 bridgehead atoms. The maximum atomic E-state index is 13.0. The van der Waals surface area contributed by atoms with Gasteiger partial charge in [0.2, 0.25) is 0 Å². The van der Waals surface area contributed by atoms with Crippen molar-refractivity contribution in [2.24, 2.45) is 0 Å². The molecule has 0 aliphatic heterocycles. The average molecular weight is 1570 g/mol. The minimum atomic E-state index is -4.95. The summed E-state index contributed by atoms with van der Waals surface area (Å²) in [6.45, 7) is 2.39. The molecule has 0 heterocycles. The molecule has 0 aliphatic rings. The van der Waals surface area contributed by atoms with Crippen molar-refractivity contribution in [3.05, 3.63) is 158 Å². The Bertz CT molecular complexity index is 2610. The lowest BCUT2D eigenvalue weighted by atomic mass is 10.0. The summed E-state index contributed by atoms with van der Waals surface area (Å²) in [6.07, 6.45) is 105. The molecule has 5 atom stereocenters. The highest BCUT2D eigenvalue weighted by molar-refractivity contribution is 7.47. The smallest absolute Gasteiger partial charge is 0.463 e. The largest absolute Gasteiger partial charge is 0.472 e. The molecule has 0 aromatic rings. The highest BCUT2D eigenvalue weighted by Crippen LogP contribution is 2.45. The van der Waals surface area contributed by atoms with Gasteiger partial charge in [-0.2, -0.15) is 0 Å². The van der Waals surface area contributed by atoms with Gasteiger partial charge in [-0.15, -0.1) is 0 Å². The molecule has 4 N–H and O–H groups in total. The Morgan fingerprint density at radius 3 is 0.771 bits per heavy atom. The number of hydrogen-bond donors (Lipinski definition) is 4. The van der Waals surface area contributed by atoms with Gasteiger partial charge < -0.3 is 34.2 Å². The van der Waals surface area contributed by atoms with E-state index < -0.39 is 91.5 Å². The van der Waals surface area contributed by atoms with Crippen molar-refractivity contribution in [3.8, 4) is 0 Å². The van der Waals surface area contributed by atoms with E-state index in [-0.39, 0.29) is 19.3 Å². The lowest BCUT2D eigenvalue weighted by molar-refractivity contribution is -0.161. The van der Waals surface area contributed by atoms with Crippen LogP contribution in [-0.2, 0) is 55.8 Å². The van der Waals surface area contributed by atoms with Gasteiger partial charge in [-0.05, 0) is 148 Å². The summed E-state index contributed by atoms with van der Waals surface area (Å²) in [4.78, 5) is 58.7. The SMILES string of the molecule is CC/C=C\C/C=C\C/C=C\C/C=C\C/C=C\C/C=C\CCCCCCC(=O)OCC(COP(=O)(O)OCC(O)COP(=O)(O)OCC(O)COC(=O)CCCCCCCCCCCCCCCCCCCCC/C=C\C/C=C\C/C=C\C/C=C\CCCCC)OC(=O)CCCCCCC/C=C\C/C=C\C/C=C\CC. The van der Waals surface area contributed by atoms with Crippen molar-refractivity contribution in [2.75, 3.05) is 39.6 Å². The van der Waals surface area contributed by atoms with Crippen LogP contribution in [0.5, 0.6) is 0 Å². The zero-order valence-electron chi connectivity index (χ0n) is 68.4. The topological polar surface area (TPSA) is 231 Å². The van der Waals surface area contributed by atoms with Crippen molar-refractivity contribution in [3.63, 3.8) is 0 Å². The van der Waals surface area contributed by atoms with E-state index in [0.717, 1.165) is 154 Å². The summed E-state index contributed by atoms with van der Waals surface area (Å²) in [6, 6.07) is 0. The highest BCUT2D eigenvalue weighted by Gasteiger charge is 2.29. The number of aliphatic hydroxyl groups excluding tert-OH is 2. The van der Waals surface area contributed by atoms with E-state index in [0.29, 0.717) is 19.3 Å². The Balaban J connectivity index is 4.46. The lowest BCUT2D eigenvalue weighted by Gasteiger charge is -2.21. The Kier molecular flexibility index (Phi) is 79.0. The molecule has 18 heteroatoms. The second kappa shape index (κ2) is 82.6. The van der Waals surface area contributed by atoms with Gasteiger partial charge >= 0.3 is 33.6 Å². The van der Waals surface area contributed by atoms with Gasteiger partial charge in [0.1, 0.15) is 25.4 Å². The zero-order chi connectivity index (χ0) is 79.4. The summed E-state index contributed by atoms with van der Waals surface area (Å²) < 4.78 is 61.2. The fourth-order valence-corrected chi connectivity index (χ4v) is 12.9. The van der Waals surface area contributed by atoms with E-state index in [2.05, 4.69) is 179 Å². The van der Waals surface area contributed by atoms with E-state index in [1.807, 2.05) is 0 Å². The van der Waals surface area contributed by atoms with Crippen LogP contribution in [0.4, 0.5) is 0 Å². The molecule has 0 saturated heterocycles. The predicted octanol–water partition coefficient (Wildman–Crippen LogP) is 25.8. The van der Waals surface area contributed by atoms with Crippen molar-refractivity contribution >= 4 is 33.6 Å². The van der Waals surface area contributed by atoms with Crippen LogP contribution in [0, 0.1) is 0 Å². The molecule has 624 valence electrons. The number of ether oxygens (including phenoxy) is 3. The highest BCUT2D eigenvalue weighted by atomic mass is 31.2. The molecule has 5 unspecified atom stereocenters. The molecular formula is C91H154O16P2. The molecular weight excluding hydrogens is 1410 g/mol. The number of unbranched alkanes of at least 4 members (excludes halogenated alkanes) is 31. The summed E-state index contributed by atoms with van der Waals surface area (Å²) in [7, 11) is -9.81. The molecule has 0 aromatic heterocycles. The molecule has 0 spiro atoms. The second-order valence-electron chi connectivity index (χ2n) is 28.2. The van der Waals surface area contributed by atoms with Crippen molar-refractivity contribution < 1.29 is 75.8 Å². The molecule has 0 rings (SSSR count). The first-order valence-electron chi connectivity index (χ1n) is 42.8. The summed E-state index contributed by atoms with van der Waals surface area (Å²) >= 11 is 0. The van der Waals surface area contributed by atoms with Gasteiger partial charge in [-0.1, -0.05) is 333 Å². The number of allylic oxidation sites excluding steroid dienone is 26. The van der Waals surface area contributed by atoms with Gasteiger partial charge in [-0.3, -0.25) is 32.5 Å². The van der Waals surface area contributed by atoms with E-state index in [1.54, 1.807) is 0 Å². The van der Waals surface area contributed by atoms with Gasteiger partial charge in [0.15, 0.2) is 6.10 Å². The van der Waals surface area contributed by atoms with Crippen molar-refractivity contribution in [1.82, 2.24) is 0 Å². The number of phosphoric acid groups is 2. The lowest BCUT2D eigenvalue weighted by Crippen LogP contribution is -2.30. The predicted molar refractivity (Wildman–Crippen MR) is 454 cm³/mol. The molecule has 0 amide bonds. The number of rotatable bonds is 80. The fourth-order valence-electron chi connectivity index (χ4n) is 11.3. The number of aliphatic hydroxyl groups is 2. The maximum Gasteiger partial charge on any atom is 0.472 e. The standard InChI is InChI=1S/C91H154O16P2/c1-4-7-10-13-16-19-22-25-28-30-32-34-36-37-38-39-40-41-42-43-44-45-46-47-49-51-52-54-57-59-62-65-68-71-74-77-89(94)101-80-86(92)81-103-108(97,98)104-82-87(93)83-105-109(99,100)106-85-88(107-91(96)79-76-73-70-67-64-61-56-27-24-21-18-15-12-9-6-3)84-102-90(95)78-75-72-69-66-63-60-58-55-53-50-48-35-33-31-29-26-23-20-17-14-11-8-5-2/h8-9,11-12,16-21,25-29,32-35,37-38,50,53,56,58,60,86-88,92-93H,4-7,10,13-15,22-24,30-31,36,39-49,51-52,54-55,57,59,61-85H2,1-3H3,(H,97,98)(H,99,100)/b11-8-,12-9-,19-16-,20-17-,21-18-,28-25-,29-26-,34-32-,35-33-,38-37-,53-50-,56-27-,60-58-. The average Bonchev–Trinajstić information content (AvgIpc) is 0.916. The van der Waals surface area contributed by atoms with Gasteiger partial charge in [0.25, 0.3) is 0 Å². The van der Waals surface area contributed by atoms with Crippen LogP contribution < -0.4 is 0 Å². The van der Waals surface area contributed by atoms with Crippen LogP contribution in [0.2, 0.25) is 0 Å². The van der Waals surface area contributed by atoms with Gasteiger partial charge in [0.05, 0.1) is 26.4 Å². The van der Waals surface area contributed by atoms with Crippen LogP contribution in [-0.4, -0.2) is 95.9 Å². The normalized spacial score (nSPS) is 14.7. The van der Waals surface area contributed by atoms with Crippen molar-refractivity contribution in [2.45, 2.75) is 360 Å². The third-order valence-corrected chi connectivity index (χ3v) is 19.6. The molecule has 0 aromatic carbocycles. The number of hydrogen-bond acceptors (Lipinski definition) is 14. The first-order chi connectivity index (χ1) is 53.2. The van der Waals surface area contributed by atoms with Crippen molar-refractivity contribution in [1.29, 1.82) is 0 Å². The maximum absolute atomic E-state index is 13.0. The van der Waals surface area contributed by atoms with E-state index in [1.165, 1.54) is 128 Å². The first kappa shape index (κ1) is 104. The molecule has 0 saturated carbocycles. The zero-order valence-corrected chi connectivity index (χ0v) is 70.2. The van der Waals surface area contributed by atoms with Crippen LogP contribution in [0.25, 0.3) is 0 Å². The summed E-state index contributed by atoms with van der Waals surface area (Å²) in [5.41, 5.74) is 0. The Morgan fingerprint density at radius 2 is 0.486 bits per heavy atom. The molecule has 0 fully saturated rings. The monoisotopic (exact) mass is 1570 g/mol.